The summed E-state index contributed by atoms with van der Waals surface area (Å²) in [5, 5.41) is 10.3. The van der Waals surface area contributed by atoms with Gasteiger partial charge in [-0.25, -0.2) is 0 Å². The van der Waals surface area contributed by atoms with Crippen LogP contribution in [0, 0.1) is 5.92 Å². The molecule has 5 rings (SSSR count). The number of benzene rings is 1. The number of anilines is 1. The summed E-state index contributed by atoms with van der Waals surface area (Å²) in [5.41, 5.74) is 3.05. The molecule has 2 aliphatic heterocycles. The lowest BCUT2D eigenvalue weighted by molar-refractivity contribution is 0.0951. The highest BCUT2D eigenvalue weighted by Crippen LogP contribution is 2.47. The van der Waals surface area contributed by atoms with Gasteiger partial charge in [0, 0.05) is 29.3 Å². The van der Waals surface area contributed by atoms with Crippen molar-refractivity contribution in [3.05, 3.63) is 53.5 Å². The number of hydrogen-bond donors (Lipinski definition) is 3. The van der Waals surface area contributed by atoms with Gasteiger partial charge in [0.2, 0.25) is 0 Å². The Hall–Kier alpha value is -2.27. The summed E-state index contributed by atoms with van der Waals surface area (Å²) in [5.74, 6) is 1.46. The summed E-state index contributed by atoms with van der Waals surface area (Å²) < 4.78 is 5.65. The van der Waals surface area contributed by atoms with E-state index >= 15 is 0 Å². The Morgan fingerprint density at radius 2 is 2.08 bits per heavy atom. The Bertz CT molecular complexity index is 767. The van der Waals surface area contributed by atoms with Gasteiger partial charge < -0.3 is 20.4 Å². The van der Waals surface area contributed by atoms with Gasteiger partial charge in [0.15, 0.2) is 0 Å². The van der Waals surface area contributed by atoms with E-state index < -0.39 is 0 Å². The summed E-state index contributed by atoms with van der Waals surface area (Å²) in [6.07, 6.45) is 5.04. The molecule has 1 saturated carbocycles. The van der Waals surface area contributed by atoms with Crippen LogP contribution >= 0.6 is 0 Å². The normalized spacial score (nSPS) is 27.9. The summed E-state index contributed by atoms with van der Waals surface area (Å²) >= 11 is 0. The Morgan fingerprint density at radius 1 is 1.17 bits per heavy atom. The second-order valence-electron chi connectivity index (χ2n) is 7.07. The summed E-state index contributed by atoms with van der Waals surface area (Å²) in [7, 11) is 0. The number of fused-ring (bicyclic) bond motifs is 3. The molecule has 0 radical (unpaired) electrons. The lowest BCUT2D eigenvalue weighted by Crippen LogP contribution is -2.33. The zero-order valence-electron chi connectivity index (χ0n) is 13.4. The molecule has 124 valence electrons. The van der Waals surface area contributed by atoms with Crippen LogP contribution in [0.15, 0.2) is 41.0 Å². The topological polar surface area (TPSA) is 66.3 Å². The van der Waals surface area contributed by atoms with Crippen LogP contribution in [0.4, 0.5) is 5.69 Å². The third-order valence-corrected chi connectivity index (χ3v) is 5.42. The van der Waals surface area contributed by atoms with Gasteiger partial charge in [-0.05, 0) is 61.7 Å². The minimum Gasteiger partial charge on any atom is -0.467 e. The van der Waals surface area contributed by atoms with E-state index in [1.807, 2.05) is 30.3 Å². The fourth-order valence-corrected chi connectivity index (χ4v) is 4.04. The average Bonchev–Trinajstić information content (AvgIpc) is 3.07. The first kappa shape index (κ1) is 14.1. The highest BCUT2D eigenvalue weighted by Gasteiger charge is 2.41. The lowest BCUT2D eigenvalue weighted by atomic mass is 9.82. The van der Waals surface area contributed by atoms with Crippen LogP contribution in [0.2, 0.25) is 0 Å². The van der Waals surface area contributed by atoms with Crippen LogP contribution in [0.25, 0.3) is 0 Å². The smallest absolute Gasteiger partial charge is 0.251 e. The van der Waals surface area contributed by atoms with Crippen molar-refractivity contribution in [2.24, 2.45) is 5.92 Å². The van der Waals surface area contributed by atoms with Crippen LogP contribution in [-0.4, -0.2) is 18.5 Å². The molecule has 5 heteroatoms. The summed E-state index contributed by atoms with van der Waals surface area (Å²) in [6.45, 7) is 0.992. The Labute approximate surface area is 140 Å². The SMILES string of the molecule is O=C(NC1CC1)c1ccc2c(c1)[C@H]1NCC[C@H]1C(c1ccco1)N2. The number of amides is 1. The highest BCUT2D eigenvalue weighted by atomic mass is 16.3. The second-order valence-corrected chi connectivity index (χ2v) is 7.07. The lowest BCUT2D eigenvalue weighted by Gasteiger charge is -2.36. The van der Waals surface area contributed by atoms with Gasteiger partial charge >= 0.3 is 0 Å². The maximum absolute atomic E-state index is 12.4. The third-order valence-electron chi connectivity index (χ3n) is 5.42. The number of carbonyl (C=O) groups is 1. The van der Waals surface area contributed by atoms with E-state index in [9.17, 15) is 4.79 Å². The fourth-order valence-electron chi connectivity index (χ4n) is 4.04. The van der Waals surface area contributed by atoms with Crippen molar-refractivity contribution >= 4 is 11.6 Å². The molecule has 1 unspecified atom stereocenters. The molecule has 1 amide bonds. The van der Waals surface area contributed by atoms with Gasteiger partial charge in [-0.15, -0.1) is 0 Å². The molecule has 1 aliphatic carbocycles. The van der Waals surface area contributed by atoms with Crippen molar-refractivity contribution in [1.29, 1.82) is 0 Å². The average molecular weight is 323 g/mol. The molecule has 0 spiro atoms. The summed E-state index contributed by atoms with van der Waals surface area (Å²) in [4.78, 5) is 12.4. The predicted octanol–water partition coefficient (Wildman–Crippen LogP) is 2.99. The van der Waals surface area contributed by atoms with Crippen molar-refractivity contribution < 1.29 is 9.21 Å². The first-order valence-corrected chi connectivity index (χ1v) is 8.78. The molecule has 3 N–H and O–H groups in total. The highest BCUT2D eigenvalue weighted by molar-refractivity contribution is 5.95. The minimum absolute atomic E-state index is 0.0444. The number of carbonyl (C=O) groups excluding carboxylic acids is 1. The molecule has 2 aromatic rings. The molecule has 1 aromatic carbocycles. The predicted molar refractivity (Wildman–Crippen MR) is 90.9 cm³/mol. The first-order valence-electron chi connectivity index (χ1n) is 8.78. The van der Waals surface area contributed by atoms with E-state index in [2.05, 4.69) is 16.0 Å². The van der Waals surface area contributed by atoms with Crippen LogP contribution in [0.5, 0.6) is 0 Å². The van der Waals surface area contributed by atoms with Gasteiger partial charge in [-0.3, -0.25) is 4.79 Å². The van der Waals surface area contributed by atoms with Gasteiger partial charge in [0.1, 0.15) is 5.76 Å². The third kappa shape index (κ3) is 2.31. The molecule has 3 aliphatic rings. The second kappa shape index (κ2) is 5.38. The van der Waals surface area contributed by atoms with Crippen molar-refractivity contribution in [2.45, 2.75) is 37.4 Å². The molecule has 2 fully saturated rings. The number of furan rings is 1. The quantitative estimate of drug-likeness (QED) is 0.812. The first-order chi connectivity index (χ1) is 11.8. The van der Waals surface area contributed by atoms with Gasteiger partial charge in [0.05, 0.1) is 12.3 Å². The number of rotatable bonds is 3. The largest absolute Gasteiger partial charge is 0.467 e. The molecule has 24 heavy (non-hydrogen) atoms. The zero-order chi connectivity index (χ0) is 16.1. The van der Waals surface area contributed by atoms with Crippen molar-refractivity contribution in [3.63, 3.8) is 0 Å². The molecule has 1 saturated heterocycles. The molecule has 1 aromatic heterocycles. The Kier molecular flexibility index (Phi) is 3.16. The van der Waals surface area contributed by atoms with E-state index in [0.29, 0.717) is 12.0 Å². The van der Waals surface area contributed by atoms with E-state index in [4.69, 9.17) is 4.42 Å². The van der Waals surface area contributed by atoms with Crippen LogP contribution in [0.3, 0.4) is 0 Å². The van der Waals surface area contributed by atoms with Gasteiger partial charge in [-0.2, -0.15) is 0 Å². The standard InChI is InChI=1S/C19H21N3O2/c23-19(21-12-4-5-12)11-3-6-15-14(10-11)17-13(7-8-20-17)18(22-15)16-2-1-9-24-16/h1-3,6,9-10,12-13,17-18,20,22H,4-5,7-8H2,(H,21,23)/t13-,17+,18?/m1/s1. The molecule has 3 heterocycles. The minimum atomic E-state index is 0.0444. The van der Waals surface area contributed by atoms with E-state index in [1.54, 1.807) is 6.26 Å². The van der Waals surface area contributed by atoms with Crippen LogP contribution in [0.1, 0.15) is 53.0 Å². The van der Waals surface area contributed by atoms with E-state index in [1.165, 1.54) is 5.56 Å². The summed E-state index contributed by atoms with van der Waals surface area (Å²) in [6, 6.07) is 10.8. The monoisotopic (exact) mass is 323 g/mol. The zero-order valence-corrected chi connectivity index (χ0v) is 13.4. The van der Waals surface area contributed by atoms with Crippen LogP contribution < -0.4 is 16.0 Å². The van der Waals surface area contributed by atoms with Crippen LogP contribution in [-0.2, 0) is 0 Å². The molecule has 5 nitrogen and oxygen atoms in total. The molecular weight excluding hydrogens is 302 g/mol. The molecular formula is C19H21N3O2. The Morgan fingerprint density at radius 3 is 2.88 bits per heavy atom. The van der Waals surface area contributed by atoms with E-state index in [0.717, 1.165) is 42.8 Å². The Balaban J connectivity index is 1.49. The molecule has 3 atom stereocenters. The maximum atomic E-state index is 12.4. The van der Waals surface area contributed by atoms with E-state index in [-0.39, 0.29) is 18.0 Å². The van der Waals surface area contributed by atoms with Crippen molar-refractivity contribution in [1.82, 2.24) is 10.6 Å². The molecule has 0 bridgehead atoms. The van der Waals surface area contributed by atoms with Crippen molar-refractivity contribution in [2.75, 3.05) is 11.9 Å². The number of hydrogen-bond acceptors (Lipinski definition) is 4. The number of nitrogens with one attached hydrogen (secondary N) is 3. The van der Waals surface area contributed by atoms with Gasteiger partial charge in [-0.1, -0.05) is 0 Å². The fraction of sp³-hybridized carbons (Fsp3) is 0.421. The maximum Gasteiger partial charge on any atom is 0.251 e. The van der Waals surface area contributed by atoms with Crippen molar-refractivity contribution in [3.8, 4) is 0 Å². The van der Waals surface area contributed by atoms with Gasteiger partial charge in [0.25, 0.3) is 5.91 Å².